The molecule has 0 radical (unpaired) electrons. The van der Waals surface area contributed by atoms with Crippen molar-refractivity contribution in [2.45, 2.75) is 38.6 Å². The van der Waals surface area contributed by atoms with Gasteiger partial charge in [0.25, 0.3) is 0 Å². The lowest BCUT2D eigenvalue weighted by Gasteiger charge is -2.26. The molecule has 1 aliphatic heterocycles. The predicted molar refractivity (Wildman–Crippen MR) is 70.5 cm³/mol. The van der Waals surface area contributed by atoms with Gasteiger partial charge in [-0.2, -0.15) is 0 Å². The molecule has 0 aliphatic carbocycles. The molecule has 0 aromatic rings. The van der Waals surface area contributed by atoms with Crippen LogP contribution in [0.4, 0.5) is 0 Å². The van der Waals surface area contributed by atoms with E-state index in [0.717, 1.165) is 12.8 Å². The number of aliphatic hydroxyl groups excluding tert-OH is 1. The van der Waals surface area contributed by atoms with Crippen LogP contribution in [0, 0.1) is 5.92 Å². The van der Waals surface area contributed by atoms with Crippen LogP contribution in [-0.4, -0.2) is 62.4 Å². The van der Waals surface area contributed by atoms with Crippen LogP contribution in [0.5, 0.6) is 0 Å². The van der Waals surface area contributed by atoms with Gasteiger partial charge in [0.15, 0.2) is 16.1 Å². The summed E-state index contributed by atoms with van der Waals surface area (Å²) in [4.78, 5) is 0. The molecule has 0 aromatic carbocycles. The molecule has 114 valence electrons. The third-order valence-corrected chi connectivity index (χ3v) is 5.09. The maximum Gasteiger partial charge on any atom is 0.157 e. The summed E-state index contributed by atoms with van der Waals surface area (Å²) in [5, 5.41) is 18.5. The van der Waals surface area contributed by atoms with Gasteiger partial charge in [-0.25, -0.2) is 8.42 Å². The van der Waals surface area contributed by atoms with E-state index in [1.165, 1.54) is 0 Å². The van der Waals surface area contributed by atoms with Gasteiger partial charge in [0.05, 0.1) is 18.5 Å². The molecule has 6 nitrogen and oxygen atoms in total. The van der Waals surface area contributed by atoms with Gasteiger partial charge in [-0.05, 0) is 19.3 Å². The Labute approximate surface area is 114 Å². The Kier molecular flexibility index (Phi) is 7.23. The summed E-state index contributed by atoms with van der Waals surface area (Å²) in [7, 11) is -3.25. The van der Waals surface area contributed by atoms with E-state index in [1.54, 1.807) is 6.92 Å². The fraction of sp³-hybridized carbons (Fsp3) is 1.00. The highest BCUT2D eigenvalue weighted by Crippen LogP contribution is 2.15. The lowest BCUT2D eigenvalue weighted by Crippen LogP contribution is -2.35. The molecule has 0 aromatic heterocycles. The zero-order valence-corrected chi connectivity index (χ0v) is 12.1. The number of sulfone groups is 1. The number of rotatable bonds is 8. The Hall–Kier alpha value is -0.210. The van der Waals surface area contributed by atoms with Crippen molar-refractivity contribution >= 4 is 9.84 Å². The van der Waals surface area contributed by atoms with Crippen molar-refractivity contribution in [3.05, 3.63) is 0 Å². The predicted octanol–water partition coefficient (Wildman–Crippen LogP) is -0.0663. The molecule has 19 heavy (non-hydrogen) atoms. The monoisotopic (exact) mass is 296 g/mol. The van der Waals surface area contributed by atoms with Crippen molar-refractivity contribution in [2.75, 3.05) is 31.3 Å². The second-order valence-corrected chi connectivity index (χ2v) is 7.16. The van der Waals surface area contributed by atoms with E-state index in [-0.39, 0.29) is 24.2 Å². The van der Waals surface area contributed by atoms with Gasteiger partial charge >= 0.3 is 0 Å². The van der Waals surface area contributed by atoms with E-state index in [2.05, 4.69) is 0 Å². The molecule has 0 amide bonds. The minimum Gasteiger partial charge on any atom is -0.381 e. The third kappa shape index (κ3) is 6.67. The summed E-state index contributed by atoms with van der Waals surface area (Å²) in [6.07, 6.45) is 0.388. The lowest BCUT2D eigenvalue weighted by molar-refractivity contribution is -0.115. The maximum atomic E-state index is 11.7. The standard InChI is InChI=1S/C12H24O6S/c1-2-7-19(15,16)9-10(12(13)14)8-18-11-3-5-17-6-4-11/h10-14H,2-9H2,1H3. The van der Waals surface area contributed by atoms with E-state index in [1.807, 2.05) is 0 Å². The largest absolute Gasteiger partial charge is 0.381 e. The van der Waals surface area contributed by atoms with E-state index in [9.17, 15) is 18.6 Å². The SMILES string of the molecule is CCCS(=O)(=O)CC(COC1CCOCC1)C(O)O. The van der Waals surface area contributed by atoms with Gasteiger partial charge < -0.3 is 19.7 Å². The van der Waals surface area contributed by atoms with E-state index in [4.69, 9.17) is 9.47 Å². The minimum atomic E-state index is -3.25. The summed E-state index contributed by atoms with van der Waals surface area (Å²) in [5.41, 5.74) is 0. The van der Waals surface area contributed by atoms with Crippen LogP contribution >= 0.6 is 0 Å². The van der Waals surface area contributed by atoms with E-state index < -0.39 is 22.0 Å². The Morgan fingerprint density at radius 2 is 1.95 bits per heavy atom. The zero-order valence-electron chi connectivity index (χ0n) is 11.3. The fourth-order valence-electron chi connectivity index (χ4n) is 2.04. The maximum absolute atomic E-state index is 11.7. The Morgan fingerprint density at radius 3 is 2.47 bits per heavy atom. The summed E-state index contributed by atoms with van der Waals surface area (Å²) in [6.45, 7) is 3.09. The molecule has 0 bridgehead atoms. The Bertz CT molecular complexity index is 334. The second-order valence-electron chi connectivity index (χ2n) is 4.93. The second kappa shape index (κ2) is 8.16. The molecular formula is C12H24O6S. The molecule has 1 saturated heterocycles. The first-order valence-corrected chi connectivity index (χ1v) is 8.52. The highest BCUT2D eigenvalue weighted by Gasteiger charge is 2.26. The Morgan fingerprint density at radius 1 is 1.32 bits per heavy atom. The molecule has 1 rings (SSSR count). The first kappa shape index (κ1) is 16.8. The molecule has 1 aliphatic rings. The smallest absolute Gasteiger partial charge is 0.157 e. The first-order valence-electron chi connectivity index (χ1n) is 6.70. The van der Waals surface area contributed by atoms with Crippen molar-refractivity contribution in [3.8, 4) is 0 Å². The summed E-state index contributed by atoms with van der Waals surface area (Å²) >= 11 is 0. The molecule has 0 spiro atoms. The average molecular weight is 296 g/mol. The minimum absolute atomic E-state index is 0.0175. The summed E-state index contributed by atoms with van der Waals surface area (Å²) in [5.74, 6) is -0.978. The summed E-state index contributed by atoms with van der Waals surface area (Å²) in [6, 6.07) is 0. The molecule has 1 fully saturated rings. The molecular weight excluding hydrogens is 272 g/mol. The lowest BCUT2D eigenvalue weighted by atomic mass is 10.1. The average Bonchev–Trinajstić information content (AvgIpc) is 2.35. The van der Waals surface area contributed by atoms with Gasteiger partial charge in [0.1, 0.15) is 0 Å². The molecule has 2 N–H and O–H groups in total. The molecule has 1 unspecified atom stereocenters. The number of hydrogen-bond acceptors (Lipinski definition) is 6. The fourth-order valence-corrected chi connectivity index (χ4v) is 3.75. The summed E-state index contributed by atoms with van der Waals surface area (Å²) < 4.78 is 34.2. The number of ether oxygens (including phenoxy) is 2. The topological polar surface area (TPSA) is 93.1 Å². The van der Waals surface area contributed by atoms with Crippen LogP contribution in [0.15, 0.2) is 0 Å². The van der Waals surface area contributed by atoms with Gasteiger partial charge in [0, 0.05) is 24.9 Å². The van der Waals surface area contributed by atoms with Crippen LogP contribution in [0.1, 0.15) is 26.2 Å². The molecule has 7 heteroatoms. The quantitative estimate of drug-likeness (QED) is 0.609. The van der Waals surface area contributed by atoms with Crippen LogP contribution < -0.4 is 0 Å². The van der Waals surface area contributed by atoms with Crippen molar-refractivity contribution in [1.29, 1.82) is 0 Å². The van der Waals surface area contributed by atoms with Crippen molar-refractivity contribution in [2.24, 2.45) is 5.92 Å². The van der Waals surface area contributed by atoms with Gasteiger partial charge in [-0.15, -0.1) is 0 Å². The highest BCUT2D eigenvalue weighted by atomic mass is 32.2. The van der Waals surface area contributed by atoms with Crippen molar-refractivity contribution in [3.63, 3.8) is 0 Å². The number of aliphatic hydroxyl groups is 2. The number of hydrogen-bond donors (Lipinski definition) is 2. The van der Waals surface area contributed by atoms with E-state index in [0.29, 0.717) is 19.6 Å². The van der Waals surface area contributed by atoms with Gasteiger partial charge in [-0.3, -0.25) is 0 Å². The zero-order chi connectivity index (χ0) is 14.3. The Balaban J connectivity index is 2.43. The highest BCUT2D eigenvalue weighted by molar-refractivity contribution is 7.91. The van der Waals surface area contributed by atoms with Crippen LogP contribution in [-0.2, 0) is 19.3 Å². The third-order valence-electron chi connectivity index (χ3n) is 3.12. The first-order chi connectivity index (χ1) is 8.94. The molecule has 1 heterocycles. The van der Waals surface area contributed by atoms with Crippen LogP contribution in [0.25, 0.3) is 0 Å². The molecule has 1 atom stereocenters. The molecule has 0 saturated carbocycles. The van der Waals surface area contributed by atoms with E-state index >= 15 is 0 Å². The normalized spacial score (nSPS) is 19.8. The van der Waals surface area contributed by atoms with Gasteiger partial charge in [-0.1, -0.05) is 6.92 Å². The van der Waals surface area contributed by atoms with Crippen LogP contribution in [0.3, 0.4) is 0 Å². The van der Waals surface area contributed by atoms with Crippen molar-refractivity contribution in [1.82, 2.24) is 0 Å². The van der Waals surface area contributed by atoms with Gasteiger partial charge in [0.2, 0.25) is 0 Å². The van der Waals surface area contributed by atoms with Crippen molar-refractivity contribution < 1.29 is 28.1 Å². The van der Waals surface area contributed by atoms with Crippen LogP contribution in [0.2, 0.25) is 0 Å².